The third kappa shape index (κ3) is 4.16. The van der Waals surface area contributed by atoms with Gasteiger partial charge >= 0.3 is 0 Å². The number of aromatic nitrogens is 2. The molecule has 1 fully saturated rings. The summed E-state index contributed by atoms with van der Waals surface area (Å²) in [5, 5.41) is 3.36. The van der Waals surface area contributed by atoms with Crippen molar-refractivity contribution in [3.05, 3.63) is 41.6 Å². The summed E-state index contributed by atoms with van der Waals surface area (Å²) in [5.74, 6) is 2.69. The quantitative estimate of drug-likeness (QED) is 0.881. The van der Waals surface area contributed by atoms with Gasteiger partial charge in [0.15, 0.2) is 0 Å². The molecule has 2 heterocycles. The molecule has 0 bridgehead atoms. The van der Waals surface area contributed by atoms with Crippen molar-refractivity contribution in [3.8, 4) is 5.75 Å². The van der Waals surface area contributed by atoms with Gasteiger partial charge in [0.25, 0.3) is 0 Å². The second-order valence-electron chi connectivity index (χ2n) is 6.23. The van der Waals surface area contributed by atoms with Crippen molar-refractivity contribution in [2.75, 3.05) is 37.0 Å². The molecule has 0 aliphatic carbocycles. The van der Waals surface area contributed by atoms with Gasteiger partial charge in [-0.1, -0.05) is 18.2 Å². The predicted molar refractivity (Wildman–Crippen MR) is 98.0 cm³/mol. The maximum atomic E-state index is 5.40. The third-order valence-corrected chi connectivity index (χ3v) is 4.39. The number of para-hydroxylation sites is 1. The molecule has 0 radical (unpaired) electrons. The van der Waals surface area contributed by atoms with E-state index in [9.17, 15) is 0 Å². The normalized spacial score (nSPS) is 14.5. The van der Waals surface area contributed by atoms with Gasteiger partial charge in [0.1, 0.15) is 11.6 Å². The van der Waals surface area contributed by atoms with Gasteiger partial charge in [-0.15, -0.1) is 0 Å². The van der Waals surface area contributed by atoms with E-state index in [1.54, 1.807) is 7.11 Å². The fourth-order valence-electron chi connectivity index (χ4n) is 3.13. The van der Waals surface area contributed by atoms with Crippen molar-refractivity contribution in [2.45, 2.75) is 32.6 Å². The standard InChI is InChI=1S/C19H26N4O/c1-15-14-18(23-12-6-3-7-13-23)22-19(21-15)20-11-10-16-8-4-5-9-17(16)24-2/h4-5,8-9,14H,3,6-7,10-13H2,1-2H3,(H,20,21,22). The van der Waals surface area contributed by atoms with Crippen LogP contribution in [0.5, 0.6) is 5.75 Å². The van der Waals surface area contributed by atoms with Crippen molar-refractivity contribution < 1.29 is 4.74 Å². The maximum Gasteiger partial charge on any atom is 0.224 e. The summed E-state index contributed by atoms with van der Waals surface area (Å²) in [6, 6.07) is 10.2. The molecule has 0 atom stereocenters. The van der Waals surface area contributed by atoms with Crippen LogP contribution < -0.4 is 15.0 Å². The van der Waals surface area contributed by atoms with E-state index in [2.05, 4.69) is 27.3 Å². The molecule has 1 aliphatic heterocycles. The highest BCUT2D eigenvalue weighted by atomic mass is 16.5. The van der Waals surface area contributed by atoms with Gasteiger partial charge in [0.05, 0.1) is 7.11 Å². The summed E-state index contributed by atoms with van der Waals surface area (Å²) in [7, 11) is 1.71. The Morgan fingerprint density at radius 3 is 2.71 bits per heavy atom. The van der Waals surface area contributed by atoms with Crippen LogP contribution in [0, 0.1) is 6.92 Å². The summed E-state index contributed by atoms with van der Waals surface area (Å²) in [4.78, 5) is 11.6. The van der Waals surface area contributed by atoms with E-state index in [0.29, 0.717) is 5.95 Å². The first-order chi connectivity index (χ1) is 11.8. The number of hydrogen-bond donors (Lipinski definition) is 1. The van der Waals surface area contributed by atoms with E-state index < -0.39 is 0 Å². The molecular weight excluding hydrogens is 300 g/mol. The predicted octanol–water partition coefficient (Wildman–Crippen LogP) is 3.44. The van der Waals surface area contributed by atoms with Gasteiger partial charge in [-0.3, -0.25) is 0 Å². The Hall–Kier alpha value is -2.30. The minimum atomic E-state index is 0.713. The van der Waals surface area contributed by atoms with Crippen LogP contribution in [-0.2, 0) is 6.42 Å². The zero-order valence-corrected chi connectivity index (χ0v) is 14.6. The minimum absolute atomic E-state index is 0.713. The summed E-state index contributed by atoms with van der Waals surface area (Å²) in [6.07, 6.45) is 4.70. The molecule has 0 amide bonds. The number of hydrogen-bond acceptors (Lipinski definition) is 5. The molecule has 1 aromatic heterocycles. The van der Waals surface area contributed by atoms with Gasteiger partial charge in [-0.05, 0) is 44.2 Å². The molecule has 0 unspecified atom stereocenters. The Kier molecular flexibility index (Phi) is 5.51. The molecule has 24 heavy (non-hydrogen) atoms. The Bertz CT molecular complexity index is 668. The number of nitrogens with one attached hydrogen (secondary N) is 1. The summed E-state index contributed by atoms with van der Waals surface area (Å²) in [5.41, 5.74) is 2.20. The Balaban J connectivity index is 1.63. The molecule has 5 heteroatoms. The topological polar surface area (TPSA) is 50.3 Å². The summed E-state index contributed by atoms with van der Waals surface area (Å²) in [6.45, 7) is 5.00. The van der Waals surface area contributed by atoms with E-state index in [0.717, 1.165) is 43.3 Å². The highest BCUT2D eigenvalue weighted by Gasteiger charge is 2.13. The zero-order chi connectivity index (χ0) is 16.8. The molecule has 5 nitrogen and oxygen atoms in total. The van der Waals surface area contributed by atoms with Gasteiger partial charge < -0.3 is 15.0 Å². The lowest BCUT2D eigenvalue weighted by atomic mass is 10.1. The highest BCUT2D eigenvalue weighted by Crippen LogP contribution is 2.20. The molecular formula is C19H26N4O. The van der Waals surface area contributed by atoms with Gasteiger partial charge in [0, 0.05) is 31.4 Å². The van der Waals surface area contributed by atoms with Gasteiger partial charge in [0.2, 0.25) is 5.95 Å². The van der Waals surface area contributed by atoms with Gasteiger partial charge in [-0.2, -0.15) is 4.98 Å². The fraction of sp³-hybridized carbons (Fsp3) is 0.474. The van der Waals surface area contributed by atoms with Crippen LogP contribution >= 0.6 is 0 Å². The molecule has 2 aromatic rings. The van der Waals surface area contributed by atoms with Crippen LogP contribution in [0.25, 0.3) is 0 Å². The van der Waals surface area contributed by atoms with Crippen molar-refractivity contribution >= 4 is 11.8 Å². The molecule has 1 N–H and O–H groups in total. The monoisotopic (exact) mass is 326 g/mol. The average molecular weight is 326 g/mol. The number of benzene rings is 1. The SMILES string of the molecule is COc1ccccc1CCNc1nc(C)cc(N2CCCCC2)n1. The number of rotatable bonds is 6. The summed E-state index contributed by atoms with van der Waals surface area (Å²) < 4.78 is 5.40. The molecule has 1 aromatic carbocycles. The Morgan fingerprint density at radius 1 is 1.12 bits per heavy atom. The fourth-order valence-corrected chi connectivity index (χ4v) is 3.13. The van der Waals surface area contributed by atoms with Crippen LogP contribution in [0.1, 0.15) is 30.5 Å². The first-order valence-electron chi connectivity index (χ1n) is 8.72. The molecule has 0 saturated carbocycles. The number of nitrogens with zero attached hydrogens (tertiary/aromatic N) is 3. The van der Waals surface area contributed by atoms with E-state index in [1.807, 2.05) is 25.1 Å². The zero-order valence-electron chi connectivity index (χ0n) is 14.6. The number of methoxy groups -OCH3 is 1. The minimum Gasteiger partial charge on any atom is -0.496 e. The van der Waals surface area contributed by atoms with E-state index in [-0.39, 0.29) is 0 Å². The number of aryl methyl sites for hydroxylation is 1. The van der Waals surface area contributed by atoms with Gasteiger partial charge in [-0.25, -0.2) is 4.98 Å². The van der Waals surface area contributed by atoms with Crippen LogP contribution in [0.4, 0.5) is 11.8 Å². The van der Waals surface area contributed by atoms with E-state index >= 15 is 0 Å². The first kappa shape index (κ1) is 16.6. The molecule has 1 aliphatic rings. The van der Waals surface area contributed by atoms with Crippen molar-refractivity contribution in [1.29, 1.82) is 0 Å². The van der Waals surface area contributed by atoms with E-state index in [4.69, 9.17) is 9.72 Å². The Labute approximate surface area is 144 Å². The number of piperidine rings is 1. The second-order valence-corrected chi connectivity index (χ2v) is 6.23. The first-order valence-corrected chi connectivity index (χ1v) is 8.72. The van der Waals surface area contributed by atoms with Crippen molar-refractivity contribution in [3.63, 3.8) is 0 Å². The average Bonchev–Trinajstić information content (AvgIpc) is 2.62. The second kappa shape index (κ2) is 7.99. The smallest absolute Gasteiger partial charge is 0.224 e. The maximum absolute atomic E-state index is 5.40. The lowest BCUT2D eigenvalue weighted by Gasteiger charge is -2.28. The van der Waals surface area contributed by atoms with Crippen LogP contribution in [0.15, 0.2) is 30.3 Å². The lowest BCUT2D eigenvalue weighted by molar-refractivity contribution is 0.410. The van der Waals surface area contributed by atoms with E-state index in [1.165, 1.54) is 24.8 Å². The van der Waals surface area contributed by atoms with Crippen molar-refractivity contribution in [1.82, 2.24) is 9.97 Å². The summed E-state index contributed by atoms with van der Waals surface area (Å²) >= 11 is 0. The molecule has 1 saturated heterocycles. The van der Waals surface area contributed by atoms with Crippen LogP contribution in [-0.4, -0.2) is 36.7 Å². The number of anilines is 2. The molecule has 0 spiro atoms. The van der Waals surface area contributed by atoms with Crippen molar-refractivity contribution in [2.24, 2.45) is 0 Å². The molecule has 3 rings (SSSR count). The lowest BCUT2D eigenvalue weighted by Crippen LogP contribution is -2.30. The number of ether oxygens (including phenoxy) is 1. The third-order valence-electron chi connectivity index (χ3n) is 4.39. The van der Waals surface area contributed by atoms with Crippen LogP contribution in [0.3, 0.4) is 0 Å². The highest BCUT2D eigenvalue weighted by molar-refractivity contribution is 5.45. The Morgan fingerprint density at radius 2 is 1.92 bits per heavy atom. The molecule has 128 valence electrons. The largest absolute Gasteiger partial charge is 0.496 e. The van der Waals surface area contributed by atoms with Crippen LogP contribution in [0.2, 0.25) is 0 Å².